The Morgan fingerprint density at radius 2 is 1.96 bits per heavy atom. The zero-order valence-corrected chi connectivity index (χ0v) is 15.3. The highest BCUT2D eigenvalue weighted by molar-refractivity contribution is 5.97. The molecule has 28 heavy (non-hydrogen) atoms. The van der Waals surface area contributed by atoms with E-state index in [1.165, 1.54) is 12.1 Å². The van der Waals surface area contributed by atoms with Crippen molar-refractivity contribution in [2.45, 2.75) is 18.9 Å². The summed E-state index contributed by atoms with van der Waals surface area (Å²) in [6.45, 7) is 2.51. The van der Waals surface area contributed by atoms with Crippen molar-refractivity contribution in [3.8, 4) is 0 Å². The average molecular weight is 380 g/mol. The summed E-state index contributed by atoms with van der Waals surface area (Å²) in [5.74, 6) is -0.542. The van der Waals surface area contributed by atoms with Crippen LogP contribution < -0.4 is 15.5 Å². The number of nitrogens with one attached hydrogen (secondary N) is 2. The molecule has 3 atom stereocenters. The lowest BCUT2D eigenvalue weighted by Crippen LogP contribution is -2.50. The monoisotopic (exact) mass is 380 g/mol. The Morgan fingerprint density at radius 1 is 1.25 bits per heavy atom. The number of carbonyl (C=O) groups excluding carboxylic acids is 2. The number of hydrogen-bond acceptors (Lipinski definition) is 5. The van der Waals surface area contributed by atoms with Gasteiger partial charge < -0.3 is 15.5 Å². The Morgan fingerprint density at radius 3 is 2.75 bits per heavy atom. The van der Waals surface area contributed by atoms with Crippen LogP contribution in [0.3, 0.4) is 0 Å². The van der Waals surface area contributed by atoms with Gasteiger partial charge in [0.05, 0.1) is 23.4 Å². The third-order valence-corrected chi connectivity index (χ3v) is 5.57. The first-order chi connectivity index (χ1) is 13.5. The maximum absolute atomic E-state index is 12.7. The van der Waals surface area contributed by atoms with E-state index in [2.05, 4.69) is 10.6 Å². The Balaban J connectivity index is 1.62. The number of carbonyl (C=O) groups is 2. The molecule has 2 aliphatic heterocycles. The van der Waals surface area contributed by atoms with Crippen molar-refractivity contribution in [1.82, 2.24) is 5.32 Å². The number of anilines is 2. The Labute approximate surface area is 161 Å². The molecule has 2 aromatic rings. The zero-order chi connectivity index (χ0) is 19.8. The van der Waals surface area contributed by atoms with E-state index in [-0.39, 0.29) is 47.6 Å². The third-order valence-electron chi connectivity index (χ3n) is 5.57. The summed E-state index contributed by atoms with van der Waals surface area (Å²) in [7, 11) is 0. The molecule has 8 nitrogen and oxygen atoms in total. The lowest BCUT2D eigenvalue weighted by atomic mass is 9.78. The van der Waals surface area contributed by atoms with Gasteiger partial charge in [-0.2, -0.15) is 0 Å². The summed E-state index contributed by atoms with van der Waals surface area (Å²) < 4.78 is 0. The average Bonchev–Trinajstić information content (AvgIpc) is 3.07. The Bertz CT molecular complexity index is 961. The predicted molar refractivity (Wildman–Crippen MR) is 104 cm³/mol. The van der Waals surface area contributed by atoms with E-state index in [0.29, 0.717) is 6.54 Å². The molecule has 0 bridgehead atoms. The second kappa shape index (κ2) is 6.95. The molecule has 2 amide bonds. The van der Waals surface area contributed by atoms with Gasteiger partial charge in [0, 0.05) is 18.3 Å². The molecular weight excluding hydrogens is 360 g/mol. The van der Waals surface area contributed by atoms with Crippen LogP contribution in [0.2, 0.25) is 0 Å². The number of para-hydroxylation sites is 3. The Hall–Kier alpha value is -3.42. The fourth-order valence-electron chi connectivity index (χ4n) is 4.28. The molecule has 3 unspecified atom stereocenters. The summed E-state index contributed by atoms with van der Waals surface area (Å²) in [5, 5.41) is 16.7. The SMILES string of the molecule is CC1c2ccccc2N(CC(=O)Nc2ccccc2[N+](=O)[O-])C2CNC(=O)C12. The van der Waals surface area contributed by atoms with Crippen LogP contribution in [-0.4, -0.2) is 35.9 Å². The maximum atomic E-state index is 12.7. The fourth-order valence-corrected chi connectivity index (χ4v) is 4.28. The lowest BCUT2D eigenvalue weighted by Gasteiger charge is -2.41. The minimum Gasteiger partial charge on any atom is -0.356 e. The number of nitro benzene ring substituents is 1. The van der Waals surface area contributed by atoms with Gasteiger partial charge in [-0.05, 0) is 23.6 Å². The molecule has 0 aromatic heterocycles. The number of amides is 2. The minimum atomic E-state index is -0.525. The quantitative estimate of drug-likeness (QED) is 0.625. The number of nitro groups is 1. The summed E-state index contributed by atoms with van der Waals surface area (Å²) in [4.78, 5) is 37.7. The topological polar surface area (TPSA) is 105 Å². The van der Waals surface area contributed by atoms with Gasteiger partial charge in [-0.15, -0.1) is 0 Å². The molecular formula is C20H20N4O4. The van der Waals surface area contributed by atoms with Gasteiger partial charge in [0.1, 0.15) is 5.69 Å². The van der Waals surface area contributed by atoms with Gasteiger partial charge in [-0.1, -0.05) is 37.3 Å². The number of benzene rings is 2. The molecule has 2 heterocycles. The van der Waals surface area contributed by atoms with E-state index < -0.39 is 4.92 Å². The summed E-state index contributed by atoms with van der Waals surface area (Å²) >= 11 is 0. The minimum absolute atomic E-state index is 0.00360. The zero-order valence-electron chi connectivity index (χ0n) is 15.3. The standard InChI is InChI=1S/C20H20N4O4/c1-12-13-6-2-4-8-15(13)23(17-10-21-20(26)19(12)17)11-18(25)22-14-7-3-5-9-16(14)24(27)28/h2-9,12,17,19H,10-11H2,1H3,(H,21,26)(H,22,25). The van der Waals surface area contributed by atoms with Gasteiger partial charge >= 0.3 is 0 Å². The van der Waals surface area contributed by atoms with Crippen molar-refractivity contribution < 1.29 is 14.5 Å². The van der Waals surface area contributed by atoms with Gasteiger partial charge in [0.2, 0.25) is 11.8 Å². The molecule has 8 heteroatoms. The lowest BCUT2D eigenvalue weighted by molar-refractivity contribution is -0.383. The molecule has 144 valence electrons. The van der Waals surface area contributed by atoms with Crippen molar-refractivity contribution in [3.05, 3.63) is 64.2 Å². The number of hydrogen-bond donors (Lipinski definition) is 2. The van der Waals surface area contributed by atoms with Crippen LogP contribution in [-0.2, 0) is 9.59 Å². The van der Waals surface area contributed by atoms with Gasteiger partial charge in [0.15, 0.2) is 0 Å². The molecule has 2 aromatic carbocycles. The van der Waals surface area contributed by atoms with Crippen LogP contribution in [0, 0.1) is 16.0 Å². The van der Waals surface area contributed by atoms with Crippen molar-refractivity contribution in [2.24, 2.45) is 5.92 Å². The molecule has 2 aliphatic rings. The van der Waals surface area contributed by atoms with E-state index in [1.807, 2.05) is 36.1 Å². The van der Waals surface area contributed by atoms with Crippen molar-refractivity contribution in [1.29, 1.82) is 0 Å². The molecule has 2 N–H and O–H groups in total. The Kier molecular flexibility index (Phi) is 4.46. The van der Waals surface area contributed by atoms with E-state index >= 15 is 0 Å². The third kappa shape index (κ3) is 2.96. The normalized spacial score (nSPS) is 22.8. The van der Waals surface area contributed by atoms with E-state index in [1.54, 1.807) is 12.1 Å². The van der Waals surface area contributed by atoms with Crippen LogP contribution >= 0.6 is 0 Å². The highest BCUT2D eigenvalue weighted by Crippen LogP contribution is 2.43. The first-order valence-electron chi connectivity index (χ1n) is 9.14. The second-order valence-electron chi connectivity index (χ2n) is 7.14. The number of fused-ring (bicyclic) bond motifs is 2. The predicted octanol–water partition coefficient (Wildman–Crippen LogP) is 2.27. The molecule has 0 spiro atoms. The summed E-state index contributed by atoms with van der Waals surface area (Å²) in [5.41, 5.74) is 1.96. The maximum Gasteiger partial charge on any atom is 0.292 e. The van der Waals surface area contributed by atoms with E-state index in [4.69, 9.17) is 0 Å². The largest absolute Gasteiger partial charge is 0.356 e. The first kappa shape index (κ1) is 18.0. The van der Waals surface area contributed by atoms with Crippen LogP contribution in [0.15, 0.2) is 48.5 Å². The van der Waals surface area contributed by atoms with E-state index in [0.717, 1.165) is 11.3 Å². The second-order valence-corrected chi connectivity index (χ2v) is 7.14. The molecule has 4 rings (SSSR count). The molecule has 0 radical (unpaired) electrons. The van der Waals surface area contributed by atoms with Gasteiger partial charge in [-0.25, -0.2) is 0 Å². The molecule has 0 aliphatic carbocycles. The summed E-state index contributed by atoms with van der Waals surface area (Å²) in [6.07, 6.45) is 0. The highest BCUT2D eigenvalue weighted by atomic mass is 16.6. The highest BCUT2D eigenvalue weighted by Gasteiger charge is 2.47. The number of rotatable bonds is 4. The smallest absolute Gasteiger partial charge is 0.292 e. The molecule has 1 saturated heterocycles. The van der Waals surface area contributed by atoms with E-state index in [9.17, 15) is 19.7 Å². The van der Waals surface area contributed by atoms with Gasteiger partial charge in [-0.3, -0.25) is 19.7 Å². The van der Waals surface area contributed by atoms with Crippen LogP contribution in [0.25, 0.3) is 0 Å². The number of nitrogens with zero attached hydrogens (tertiary/aromatic N) is 2. The van der Waals surface area contributed by atoms with Crippen molar-refractivity contribution in [3.63, 3.8) is 0 Å². The molecule has 1 fully saturated rings. The molecule has 0 saturated carbocycles. The summed E-state index contributed by atoms with van der Waals surface area (Å²) in [6, 6.07) is 13.7. The van der Waals surface area contributed by atoms with Crippen LogP contribution in [0.5, 0.6) is 0 Å². The van der Waals surface area contributed by atoms with Crippen molar-refractivity contribution in [2.75, 3.05) is 23.3 Å². The first-order valence-corrected chi connectivity index (χ1v) is 9.14. The fraction of sp³-hybridized carbons (Fsp3) is 0.300. The van der Waals surface area contributed by atoms with Crippen molar-refractivity contribution >= 4 is 28.9 Å². The van der Waals surface area contributed by atoms with Crippen LogP contribution in [0.1, 0.15) is 18.4 Å². The van der Waals surface area contributed by atoms with Gasteiger partial charge in [0.25, 0.3) is 5.69 Å². The van der Waals surface area contributed by atoms with Crippen LogP contribution in [0.4, 0.5) is 17.1 Å².